The standard InChI is InChI=1S/C4H10S.Cu/c1-4(2,3)5;/h5H,1-3H3;. The Bertz CT molecular complexity index is 23.0. The molecular formula is C4H10CuS. The second kappa shape index (κ2) is 2.95. The van der Waals surface area contributed by atoms with Crippen molar-refractivity contribution in [3.05, 3.63) is 0 Å². The predicted octanol–water partition coefficient (Wildman–Crippen LogP) is 1.71. The molecule has 0 aliphatic rings. The van der Waals surface area contributed by atoms with Crippen LogP contribution in [0.2, 0.25) is 0 Å². The quantitative estimate of drug-likeness (QED) is 0.398. The molecular weight excluding hydrogens is 144 g/mol. The first-order chi connectivity index (χ1) is 2.00. The van der Waals surface area contributed by atoms with E-state index < -0.39 is 0 Å². The molecule has 0 bridgehead atoms. The van der Waals surface area contributed by atoms with E-state index in [9.17, 15) is 0 Å². The molecule has 0 fully saturated rings. The summed E-state index contributed by atoms with van der Waals surface area (Å²) in [7, 11) is 0. The first-order valence-corrected chi connectivity index (χ1v) is 2.17. The van der Waals surface area contributed by atoms with Crippen LogP contribution in [-0.2, 0) is 17.1 Å². The van der Waals surface area contributed by atoms with E-state index in [0.29, 0.717) is 0 Å². The van der Waals surface area contributed by atoms with Gasteiger partial charge in [-0.25, -0.2) is 0 Å². The Kier molecular flexibility index (Phi) is 4.91. The Morgan fingerprint density at radius 2 is 1.17 bits per heavy atom. The third-order valence-electron chi connectivity index (χ3n) is 0. The monoisotopic (exact) mass is 153 g/mol. The van der Waals surface area contributed by atoms with Crippen LogP contribution in [0.3, 0.4) is 0 Å². The first kappa shape index (κ1) is 9.98. The summed E-state index contributed by atoms with van der Waals surface area (Å²) in [6.07, 6.45) is 0. The summed E-state index contributed by atoms with van der Waals surface area (Å²) in [6.45, 7) is 6.16. The summed E-state index contributed by atoms with van der Waals surface area (Å²) in [4.78, 5) is 0. The minimum Gasteiger partial charge on any atom is -0.173 e. The zero-order chi connectivity index (χ0) is 4.50. The van der Waals surface area contributed by atoms with Crippen molar-refractivity contribution >= 4 is 12.6 Å². The Balaban J connectivity index is 0. The third-order valence-corrected chi connectivity index (χ3v) is 0. The van der Waals surface area contributed by atoms with Crippen molar-refractivity contribution in [1.82, 2.24) is 0 Å². The van der Waals surface area contributed by atoms with Crippen LogP contribution >= 0.6 is 12.6 Å². The minimum absolute atomic E-state index is 0. The van der Waals surface area contributed by atoms with Crippen molar-refractivity contribution in [2.24, 2.45) is 0 Å². The van der Waals surface area contributed by atoms with Crippen LogP contribution in [0.15, 0.2) is 0 Å². The summed E-state index contributed by atoms with van der Waals surface area (Å²) in [5.74, 6) is 0. The van der Waals surface area contributed by atoms with E-state index in [2.05, 4.69) is 33.4 Å². The fraction of sp³-hybridized carbons (Fsp3) is 1.00. The van der Waals surface area contributed by atoms with Gasteiger partial charge in [-0.05, 0) is 0 Å². The maximum Gasteiger partial charge on any atom is 0.00449 e. The van der Waals surface area contributed by atoms with E-state index in [1.807, 2.05) is 0 Å². The van der Waals surface area contributed by atoms with Gasteiger partial charge in [0, 0.05) is 21.8 Å². The molecule has 0 aromatic rings. The molecule has 2 heteroatoms. The van der Waals surface area contributed by atoms with Crippen LogP contribution in [0, 0.1) is 0 Å². The number of thiol groups is 1. The predicted molar refractivity (Wildman–Crippen MR) is 28.7 cm³/mol. The Morgan fingerprint density at radius 1 is 1.17 bits per heavy atom. The van der Waals surface area contributed by atoms with Gasteiger partial charge < -0.3 is 0 Å². The van der Waals surface area contributed by atoms with Gasteiger partial charge in [-0.15, -0.1) is 0 Å². The average Bonchev–Trinajstić information content (AvgIpc) is 0.722. The molecule has 0 saturated heterocycles. The molecule has 0 heterocycles. The topological polar surface area (TPSA) is 0 Å². The molecule has 43 valence electrons. The van der Waals surface area contributed by atoms with Gasteiger partial charge >= 0.3 is 0 Å². The van der Waals surface area contributed by atoms with Crippen LogP contribution in [0.5, 0.6) is 0 Å². The van der Waals surface area contributed by atoms with E-state index >= 15 is 0 Å². The van der Waals surface area contributed by atoms with Crippen LogP contribution in [0.25, 0.3) is 0 Å². The zero-order valence-electron chi connectivity index (χ0n) is 4.25. The fourth-order valence-electron chi connectivity index (χ4n) is 0. The second-order valence-electron chi connectivity index (χ2n) is 2.17. The van der Waals surface area contributed by atoms with Crippen molar-refractivity contribution in [2.45, 2.75) is 25.5 Å². The summed E-state index contributed by atoms with van der Waals surface area (Å²) in [5, 5.41) is 0. The van der Waals surface area contributed by atoms with E-state index in [-0.39, 0.29) is 21.8 Å². The molecule has 0 nitrogen and oxygen atoms in total. The third kappa shape index (κ3) is 96.4. The molecule has 0 N–H and O–H groups in total. The molecule has 0 amide bonds. The Labute approximate surface area is 55.6 Å². The van der Waals surface area contributed by atoms with Gasteiger partial charge in [-0.1, -0.05) is 20.8 Å². The molecule has 0 rings (SSSR count). The van der Waals surface area contributed by atoms with Crippen LogP contribution in [-0.4, -0.2) is 4.75 Å². The molecule has 0 aromatic carbocycles. The Morgan fingerprint density at radius 3 is 1.17 bits per heavy atom. The van der Waals surface area contributed by atoms with E-state index in [0.717, 1.165) is 0 Å². The second-order valence-corrected chi connectivity index (χ2v) is 3.51. The largest absolute Gasteiger partial charge is 0.173 e. The van der Waals surface area contributed by atoms with Gasteiger partial charge in [0.1, 0.15) is 0 Å². The number of hydrogen-bond donors (Lipinski definition) is 1. The van der Waals surface area contributed by atoms with Gasteiger partial charge in [0.25, 0.3) is 0 Å². The van der Waals surface area contributed by atoms with Crippen molar-refractivity contribution in [3.63, 3.8) is 0 Å². The summed E-state index contributed by atoms with van der Waals surface area (Å²) in [6, 6.07) is 0. The number of hydrogen-bond acceptors (Lipinski definition) is 1. The van der Waals surface area contributed by atoms with E-state index in [1.165, 1.54) is 0 Å². The van der Waals surface area contributed by atoms with Crippen LogP contribution in [0.1, 0.15) is 20.8 Å². The normalized spacial score (nSPS) is 10.0. The van der Waals surface area contributed by atoms with Gasteiger partial charge in [-0.2, -0.15) is 12.6 Å². The van der Waals surface area contributed by atoms with Crippen molar-refractivity contribution in [1.29, 1.82) is 0 Å². The van der Waals surface area contributed by atoms with Crippen LogP contribution < -0.4 is 0 Å². The first-order valence-electron chi connectivity index (χ1n) is 1.72. The summed E-state index contributed by atoms with van der Waals surface area (Å²) in [5.41, 5.74) is 0. The van der Waals surface area contributed by atoms with Crippen molar-refractivity contribution < 1.29 is 17.1 Å². The number of rotatable bonds is 0. The van der Waals surface area contributed by atoms with Gasteiger partial charge in [0.15, 0.2) is 0 Å². The Hall–Kier alpha value is 0.869. The summed E-state index contributed by atoms with van der Waals surface area (Å²) < 4.78 is 0.194. The van der Waals surface area contributed by atoms with Gasteiger partial charge in [-0.3, -0.25) is 0 Å². The van der Waals surface area contributed by atoms with Crippen molar-refractivity contribution in [2.75, 3.05) is 0 Å². The van der Waals surface area contributed by atoms with Gasteiger partial charge in [0.05, 0.1) is 0 Å². The molecule has 0 atom stereocenters. The fourth-order valence-corrected chi connectivity index (χ4v) is 0. The molecule has 1 radical (unpaired) electrons. The molecule has 0 spiro atoms. The maximum absolute atomic E-state index is 4.12. The van der Waals surface area contributed by atoms with E-state index in [1.54, 1.807) is 0 Å². The SMILES string of the molecule is CC(C)(C)S.[Cu]. The van der Waals surface area contributed by atoms with Crippen LogP contribution in [0.4, 0.5) is 0 Å². The average molecular weight is 154 g/mol. The molecule has 0 saturated carbocycles. The minimum atomic E-state index is 0. The zero-order valence-corrected chi connectivity index (χ0v) is 6.08. The maximum atomic E-state index is 4.12. The summed E-state index contributed by atoms with van der Waals surface area (Å²) >= 11 is 4.12. The molecule has 6 heavy (non-hydrogen) atoms. The molecule has 0 aliphatic carbocycles. The van der Waals surface area contributed by atoms with Gasteiger partial charge in [0.2, 0.25) is 0 Å². The van der Waals surface area contributed by atoms with Crippen molar-refractivity contribution in [3.8, 4) is 0 Å². The smallest absolute Gasteiger partial charge is 0.00449 e. The van der Waals surface area contributed by atoms with E-state index in [4.69, 9.17) is 0 Å². The molecule has 0 aromatic heterocycles. The molecule has 0 aliphatic heterocycles. The molecule has 0 unspecified atom stereocenters.